The summed E-state index contributed by atoms with van der Waals surface area (Å²) in [6, 6.07) is 19.0. The SMILES string of the molecule is CCCC(CCC)Nc1nc(N(Cc2ccc(OC)cc2)Cc2ccc(OC)cc2)c2ncc(C(O)c3cnc(N4CCC(N(C)C)CC4)c(C)c3)n2n1. The Kier molecular flexibility index (Phi) is 12.9. The lowest BCUT2D eigenvalue weighted by atomic mass is 10.0. The number of nitrogens with one attached hydrogen (secondary N) is 1. The van der Waals surface area contributed by atoms with Gasteiger partial charge in [-0.3, -0.25) is 0 Å². The first kappa shape index (κ1) is 38.8. The number of rotatable bonds is 17. The Morgan fingerprint density at radius 1 is 0.870 bits per heavy atom. The van der Waals surface area contributed by atoms with Crippen LogP contribution < -0.4 is 24.6 Å². The fourth-order valence-electron chi connectivity index (χ4n) is 7.45. The molecule has 1 aliphatic heterocycles. The number of nitrogens with zero attached hydrogens (tertiary/aromatic N) is 8. The number of ether oxygens (including phenoxy) is 2. The van der Waals surface area contributed by atoms with Crippen molar-refractivity contribution in [3.63, 3.8) is 0 Å². The van der Waals surface area contributed by atoms with E-state index in [1.807, 2.05) is 30.3 Å². The van der Waals surface area contributed by atoms with Crippen molar-refractivity contribution in [2.45, 2.75) is 90.6 Å². The van der Waals surface area contributed by atoms with Crippen molar-refractivity contribution < 1.29 is 14.6 Å². The quantitative estimate of drug-likeness (QED) is 0.102. The van der Waals surface area contributed by atoms with Gasteiger partial charge in [0.15, 0.2) is 11.5 Å². The van der Waals surface area contributed by atoms with E-state index in [2.05, 4.69) is 79.1 Å². The Morgan fingerprint density at radius 2 is 1.46 bits per heavy atom. The molecule has 0 radical (unpaired) electrons. The van der Waals surface area contributed by atoms with Crippen LogP contribution in [-0.2, 0) is 13.1 Å². The Labute approximate surface area is 320 Å². The zero-order chi connectivity index (χ0) is 38.2. The van der Waals surface area contributed by atoms with Gasteiger partial charge in [-0.15, -0.1) is 5.10 Å². The van der Waals surface area contributed by atoms with Crippen molar-refractivity contribution in [1.82, 2.24) is 29.5 Å². The summed E-state index contributed by atoms with van der Waals surface area (Å²) in [7, 11) is 7.65. The summed E-state index contributed by atoms with van der Waals surface area (Å²) in [6.45, 7) is 9.49. The molecule has 3 aromatic heterocycles. The third-order valence-electron chi connectivity index (χ3n) is 10.5. The third-order valence-corrected chi connectivity index (χ3v) is 10.5. The number of piperidine rings is 1. The van der Waals surface area contributed by atoms with E-state index in [4.69, 9.17) is 29.5 Å². The van der Waals surface area contributed by atoms with Crippen LogP contribution in [0.5, 0.6) is 11.5 Å². The minimum atomic E-state index is -1.01. The van der Waals surface area contributed by atoms with E-state index in [-0.39, 0.29) is 6.04 Å². The molecule has 54 heavy (non-hydrogen) atoms. The molecular formula is C42H57N9O3. The van der Waals surface area contributed by atoms with Crippen molar-refractivity contribution in [1.29, 1.82) is 0 Å². The molecule has 6 rings (SSSR count). The van der Waals surface area contributed by atoms with Crippen LogP contribution in [0.3, 0.4) is 0 Å². The molecule has 0 aliphatic carbocycles. The predicted molar refractivity (Wildman–Crippen MR) is 216 cm³/mol. The van der Waals surface area contributed by atoms with Gasteiger partial charge in [-0.1, -0.05) is 51.0 Å². The summed E-state index contributed by atoms with van der Waals surface area (Å²) in [6.07, 6.45) is 8.78. The molecule has 0 amide bonds. The Bertz CT molecular complexity index is 1880. The molecule has 1 fully saturated rings. The number of anilines is 3. The standard InChI is InChI=1S/C42H57N9O3/c1-8-10-33(11-9-2)45-42-46-41(50(27-30-12-16-35(53-6)17-13-30)28-31-14-18-36(54-7)19-15-31)40-44-26-37(51(40)47-42)38(52)32-24-29(3)39(43-25-32)49-22-20-34(21-23-49)48(4)5/h12-19,24-26,33-34,38,52H,8-11,20-23,27-28H2,1-7H3,(H,45,47). The molecule has 288 valence electrons. The summed E-state index contributed by atoms with van der Waals surface area (Å²) in [4.78, 5) is 21.8. The molecule has 1 unspecified atom stereocenters. The van der Waals surface area contributed by atoms with E-state index in [9.17, 15) is 5.11 Å². The van der Waals surface area contributed by atoms with Gasteiger partial charge >= 0.3 is 0 Å². The van der Waals surface area contributed by atoms with E-state index >= 15 is 0 Å². The molecule has 12 nitrogen and oxygen atoms in total. The highest BCUT2D eigenvalue weighted by molar-refractivity contribution is 5.66. The van der Waals surface area contributed by atoms with Crippen molar-refractivity contribution in [2.24, 2.45) is 0 Å². The molecule has 0 spiro atoms. The van der Waals surface area contributed by atoms with Crippen molar-refractivity contribution in [3.8, 4) is 11.5 Å². The Hall–Kier alpha value is -4.94. The van der Waals surface area contributed by atoms with Crippen LogP contribution in [0.25, 0.3) is 5.65 Å². The van der Waals surface area contributed by atoms with Crippen LogP contribution in [0, 0.1) is 6.92 Å². The molecule has 2 aromatic carbocycles. The summed E-state index contributed by atoms with van der Waals surface area (Å²) < 4.78 is 12.6. The molecule has 0 bridgehead atoms. The molecule has 1 saturated heterocycles. The average Bonchev–Trinajstić information content (AvgIpc) is 3.62. The minimum Gasteiger partial charge on any atom is -0.497 e. The number of aromatic nitrogens is 5. The number of pyridine rings is 1. The van der Waals surface area contributed by atoms with Gasteiger partial charge in [0, 0.05) is 50.0 Å². The number of fused-ring (bicyclic) bond motifs is 1. The van der Waals surface area contributed by atoms with Gasteiger partial charge in [0.2, 0.25) is 5.95 Å². The number of methoxy groups -OCH3 is 2. The average molecular weight is 736 g/mol. The zero-order valence-corrected chi connectivity index (χ0v) is 33.0. The van der Waals surface area contributed by atoms with Gasteiger partial charge in [-0.2, -0.15) is 4.98 Å². The number of aliphatic hydroxyl groups excluding tert-OH is 1. The second-order valence-electron chi connectivity index (χ2n) is 14.6. The first-order valence-corrected chi connectivity index (χ1v) is 19.3. The smallest absolute Gasteiger partial charge is 0.243 e. The number of benzene rings is 2. The molecule has 2 N–H and O–H groups in total. The van der Waals surface area contributed by atoms with E-state index < -0.39 is 6.10 Å². The lowest BCUT2D eigenvalue weighted by molar-refractivity contribution is 0.212. The van der Waals surface area contributed by atoms with Gasteiger partial charge < -0.3 is 34.6 Å². The maximum atomic E-state index is 12.0. The van der Waals surface area contributed by atoms with Crippen molar-refractivity contribution in [3.05, 3.63) is 94.9 Å². The van der Waals surface area contributed by atoms with Crippen LogP contribution in [-0.4, -0.2) is 88.1 Å². The van der Waals surface area contributed by atoms with Gasteiger partial charge in [0.1, 0.15) is 23.4 Å². The molecule has 5 aromatic rings. The van der Waals surface area contributed by atoms with Crippen LogP contribution >= 0.6 is 0 Å². The molecule has 4 heterocycles. The van der Waals surface area contributed by atoms with E-state index in [0.717, 1.165) is 85.6 Å². The topological polar surface area (TPSA) is 116 Å². The number of imidazole rings is 1. The Balaban J connectivity index is 1.40. The predicted octanol–water partition coefficient (Wildman–Crippen LogP) is 7.04. The summed E-state index contributed by atoms with van der Waals surface area (Å²) in [5, 5.41) is 20.7. The maximum absolute atomic E-state index is 12.0. The fourth-order valence-corrected chi connectivity index (χ4v) is 7.45. The minimum absolute atomic E-state index is 0.209. The van der Waals surface area contributed by atoms with Gasteiger partial charge in [-0.05, 0) is 93.7 Å². The van der Waals surface area contributed by atoms with Crippen LogP contribution in [0.4, 0.5) is 17.6 Å². The summed E-state index contributed by atoms with van der Waals surface area (Å²) in [5.74, 6) is 3.73. The fraction of sp³-hybridized carbons (Fsp3) is 0.476. The number of hydrogen-bond acceptors (Lipinski definition) is 11. The second-order valence-corrected chi connectivity index (χ2v) is 14.6. The first-order valence-electron chi connectivity index (χ1n) is 19.3. The van der Waals surface area contributed by atoms with E-state index in [0.29, 0.717) is 47.8 Å². The van der Waals surface area contributed by atoms with Gasteiger partial charge in [0.05, 0.1) is 26.1 Å². The highest BCUT2D eigenvalue weighted by Crippen LogP contribution is 2.31. The summed E-state index contributed by atoms with van der Waals surface area (Å²) in [5.41, 5.74) is 5.01. The first-order chi connectivity index (χ1) is 26.2. The van der Waals surface area contributed by atoms with E-state index in [1.54, 1.807) is 31.1 Å². The van der Waals surface area contributed by atoms with Gasteiger partial charge in [0.25, 0.3) is 0 Å². The van der Waals surface area contributed by atoms with Crippen LogP contribution in [0.2, 0.25) is 0 Å². The monoisotopic (exact) mass is 735 g/mol. The largest absolute Gasteiger partial charge is 0.497 e. The number of aryl methyl sites for hydroxylation is 1. The van der Waals surface area contributed by atoms with Gasteiger partial charge in [-0.25, -0.2) is 14.5 Å². The second kappa shape index (κ2) is 17.9. The van der Waals surface area contributed by atoms with Crippen LogP contribution in [0.15, 0.2) is 67.0 Å². The molecular weight excluding hydrogens is 679 g/mol. The third kappa shape index (κ3) is 9.05. The summed E-state index contributed by atoms with van der Waals surface area (Å²) >= 11 is 0. The zero-order valence-electron chi connectivity index (χ0n) is 33.0. The normalized spacial score (nSPS) is 14.2. The van der Waals surface area contributed by atoms with Crippen molar-refractivity contribution in [2.75, 3.05) is 56.5 Å². The lowest BCUT2D eigenvalue weighted by Crippen LogP contribution is -2.42. The maximum Gasteiger partial charge on any atom is 0.243 e. The molecule has 1 aliphatic rings. The molecule has 12 heteroatoms. The number of aliphatic hydroxyl groups is 1. The lowest BCUT2D eigenvalue weighted by Gasteiger charge is -2.36. The highest BCUT2D eigenvalue weighted by atomic mass is 16.5. The van der Waals surface area contributed by atoms with E-state index in [1.165, 1.54) is 0 Å². The van der Waals surface area contributed by atoms with Crippen LogP contribution in [0.1, 0.15) is 86.4 Å². The Morgan fingerprint density at radius 3 is 1.98 bits per heavy atom. The number of hydrogen-bond donors (Lipinski definition) is 2. The molecule has 0 saturated carbocycles. The van der Waals surface area contributed by atoms with Crippen molar-refractivity contribution >= 4 is 23.2 Å². The molecule has 1 atom stereocenters. The highest BCUT2D eigenvalue weighted by Gasteiger charge is 2.26.